The molecule has 6 heteroatoms. The van der Waals surface area contributed by atoms with Gasteiger partial charge in [-0.25, -0.2) is 0 Å². The molecular formula is C20H18N4O2. The number of benzene rings is 1. The minimum Gasteiger partial charge on any atom is -0.348 e. The van der Waals surface area contributed by atoms with E-state index in [4.69, 9.17) is 0 Å². The van der Waals surface area contributed by atoms with Gasteiger partial charge in [-0.2, -0.15) is 0 Å². The van der Waals surface area contributed by atoms with E-state index >= 15 is 0 Å². The van der Waals surface area contributed by atoms with Gasteiger partial charge in [0.25, 0.3) is 11.8 Å². The zero-order valence-electron chi connectivity index (χ0n) is 14.3. The van der Waals surface area contributed by atoms with Gasteiger partial charge in [-0.05, 0) is 48.4 Å². The van der Waals surface area contributed by atoms with Crippen LogP contribution in [0.2, 0.25) is 0 Å². The second-order valence-electron chi connectivity index (χ2n) is 5.82. The number of nitrogens with one attached hydrogen (secondary N) is 2. The third kappa shape index (κ3) is 4.51. The number of amides is 2. The maximum absolute atomic E-state index is 12.4. The van der Waals surface area contributed by atoms with E-state index in [-0.39, 0.29) is 11.8 Å². The first kappa shape index (κ1) is 17.3. The number of carbonyl (C=O) groups excluding carboxylic acids is 2. The molecule has 3 aromatic rings. The Bertz CT molecular complexity index is 926. The maximum atomic E-state index is 12.4. The average molecular weight is 346 g/mol. The fraction of sp³-hybridized carbons (Fsp3) is 0.100. The summed E-state index contributed by atoms with van der Waals surface area (Å²) in [6.07, 6.45) is 6.20. The van der Waals surface area contributed by atoms with Crippen LogP contribution < -0.4 is 10.6 Å². The third-order valence-electron chi connectivity index (χ3n) is 3.74. The van der Waals surface area contributed by atoms with E-state index in [0.717, 1.165) is 11.1 Å². The molecule has 0 atom stereocenters. The number of aromatic nitrogens is 2. The number of nitrogens with zero attached hydrogens (tertiary/aromatic N) is 2. The highest BCUT2D eigenvalue weighted by atomic mass is 16.2. The van der Waals surface area contributed by atoms with Crippen LogP contribution in [0.4, 0.5) is 5.69 Å². The second kappa shape index (κ2) is 8.02. The van der Waals surface area contributed by atoms with Gasteiger partial charge < -0.3 is 10.6 Å². The molecule has 1 aromatic carbocycles. The molecule has 0 unspecified atom stereocenters. The number of anilines is 1. The molecule has 0 saturated carbocycles. The number of hydrogen-bond acceptors (Lipinski definition) is 4. The van der Waals surface area contributed by atoms with E-state index in [9.17, 15) is 9.59 Å². The molecule has 0 radical (unpaired) electrons. The van der Waals surface area contributed by atoms with Gasteiger partial charge in [0.1, 0.15) is 0 Å². The standard InChI is InChI=1S/C20H18N4O2/c1-14-3-2-4-18(9-14)24-20(26)17-10-16(12-22-13-17)19(25)23-11-15-5-7-21-8-6-15/h2-10,12-13H,11H2,1H3,(H,23,25)(H,24,26). The Kier molecular flexibility index (Phi) is 5.34. The molecule has 6 nitrogen and oxygen atoms in total. The molecule has 2 heterocycles. The number of pyridine rings is 2. The van der Waals surface area contributed by atoms with Gasteiger partial charge in [-0.1, -0.05) is 12.1 Å². The van der Waals surface area contributed by atoms with Gasteiger partial charge in [-0.15, -0.1) is 0 Å². The van der Waals surface area contributed by atoms with Crippen molar-refractivity contribution in [2.75, 3.05) is 5.32 Å². The molecule has 2 amide bonds. The quantitative estimate of drug-likeness (QED) is 0.744. The average Bonchev–Trinajstić information content (AvgIpc) is 2.67. The number of carbonyl (C=O) groups is 2. The van der Waals surface area contributed by atoms with Crippen molar-refractivity contribution in [3.63, 3.8) is 0 Å². The van der Waals surface area contributed by atoms with Crippen molar-refractivity contribution in [3.05, 3.63) is 89.5 Å². The first-order chi connectivity index (χ1) is 12.6. The summed E-state index contributed by atoms with van der Waals surface area (Å²) in [6.45, 7) is 2.33. The Morgan fingerprint density at radius 1 is 0.923 bits per heavy atom. The van der Waals surface area contributed by atoms with Crippen LogP contribution in [0.15, 0.2) is 67.3 Å². The minimum absolute atomic E-state index is 0.292. The van der Waals surface area contributed by atoms with Gasteiger partial charge in [0.05, 0.1) is 11.1 Å². The third-order valence-corrected chi connectivity index (χ3v) is 3.74. The summed E-state index contributed by atoms with van der Waals surface area (Å²) >= 11 is 0. The Labute approximate surface area is 151 Å². The topological polar surface area (TPSA) is 84.0 Å². The fourth-order valence-corrected chi connectivity index (χ4v) is 2.40. The second-order valence-corrected chi connectivity index (χ2v) is 5.82. The molecule has 0 aliphatic rings. The van der Waals surface area contributed by atoms with Crippen LogP contribution in [0, 0.1) is 6.92 Å². The molecule has 0 spiro atoms. The minimum atomic E-state index is -0.313. The zero-order chi connectivity index (χ0) is 18.4. The van der Waals surface area contributed by atoms with E-state index in [1.54, 1.807) is 12.4 Å². The molecule has 0 saturated heterocycles. The van der Waals surface area contributed by atoms with Crippen LogP contribution in [0.3, 0.4) is 0 Å². The predicted molar refractivity (Wildman–Crippen MR) is 98.8 cm³/mol. The van der Waals surface area contributed by atoms with Crippen molar-refractivity contribution >= 4 is 17.5 Å². The van der Waals surface area contributed by atoms with E-state index < -0.39 is 0 Å². The van der Waals surface area contributed by atoms with E-state index in [2.05, 4.69) is 20.6 Å². The van der Waals surface area contributed by atoms with Crippen molar-refractivity contribution in [2.24, 2.45) is 0 Å². The van der Waals surface area contributed by atoms with Crippen LogP contribution in [0.5, 0.6) is 0 Å². The highest BCUT2D eigenvalue weighted by molar-refractivity contribution is 6.05. The molecule has 130 valence electrons. The Morgan fingerprint density at radius 3 is 2.38 bits per heavy atom. The summed E-state index contributed by atoms with van der Waals surface area (Å²) in [5.41, 5.74) is 3.33. The first-order valence-electron chi connectivity index (χ1n) is 8.12. The lowest BCUT2D eigenvalue weighted by molar-refractivity contribution is 0.0950. The maximum Gasteiger partial charge on any atom is 0.257 e. The molecule has 3 rings (SSSR count). The molecule has 0 aliphatic heterocycles. The SMILES string of the molecule is Cc1cccc(NC(=O)c2cncc(C(=O)NCc3ccncc3)c2)c1. The highest BCUT2D eigenvalue weighted by Gasteiger charge is 2.11. The normalized spacial score (nSPS) is 10.2. The number of rotatable bonds is 5. The summed E-state index contributed by atoms with van der Waals surface area (Å²) in [4.78, 5) is 32.6. The molecule has 0 fully saturated rings. The number of aryl methyl sites for hydroxylation is 1. The van der Waals surface area contributed by atoms with Crippen LogP contribution in [0.25, 0.3) is 0 Å². The van der Waals surface area contributed by atoms with Crippen molar-refractivity contribution in [1.82, 2.24) is 15.3 Å². The van der Waals surface area contributed by atoms with Gasteiger partial charge in [0.2, 0.25) is 0 Å². The van der Waals surface area contributed by atoms with Gasteiger partial charge in [0, 0.05) is 37.0 Å². The van der Waals surface area contributed by atoms with Crippen molar-refractivity contribution in [2.45, 2.75) is 13.5 Å². The molecule has 2 N–H and O–H groups in total. The first-order valence-corrected chi connectivity index (χ1v) is 8.12. The summed E-state index contributed by atoms with van der Waals surface area (Å²) in [6, 6.07) is 12.7. The molecule has 0 aliphatic carbocycles. The Morgan fingerprint density at radius 2 is 1.65 bits per heavy atom. The Hall–Kier alpha value is -3.54. The van der Waals surface area contributed by atoms with Crippen LogP contribution in [-0.2, 0) is 6.54 Å². The predicted octanol–water partition coefficient (Wildman–Crippen LogP) is 2.97. The summed E-state index contributed by atoms with van der Waals surface area (Å²) < 4.78 is 0. The lowest BCUT2D eigenvalue weighted by atomic mass is 10.1. The van der Waals surface area contributed by atoms with Crippen LogP contribution >= 0.6 is 0 Å². The van der Waals surface area contributed by atoms with Gasteiger partial charge >= 0.3 is 0 Å². The molecule has 2 aromatic heterocycles. The van der Waals surface area contributed by atoms with Gasteiger partial charge in [-0.3, -0.25) is 19.6 Å². The molecular weight excluding hydrogens is 328 g/mol. The molecule has 26 heavy (non-hydrogen) atoms. The summed E-state index contributed by atoms with van der Waals surface area (Å²) in [5.74, 6) is -0.605. The lowest BCUT2D eigenvalue weighted by Gasteiger charge is -2.08. The van der Waals surface area contributed by atoms with Crippen LogP contribution in [0.1, 0.15) is 31.8 Å². The fourth-order valence-electron chi connectivity index (χ4n) is 2.40. The van der Waals surface area contributed by atoms with Crippen molar-refractivity contribution in [3.8, 4) is 0 Å². The van der Waals surface area contributed by atoms with Crippen LogP contribution in [-0.4, -0.2) is 21.8 Å². The number of hydrogen-bond donors (Lipinski definition) is 2. The molecule has 0 bridgehead atoms. The summed E-state index contributed by atoms with van der Waals surface area (Å²) in [7, 11) is 0. The highest BCUT2D eigenvalue weighted by Crippen LogP contribution is 2.12. The van der Waals surface area contributed by atoms with E-state index in [0.29, 0.717) is 23.4 Å². The smallest absolute Gasteiger partial charge is 0.257 e. The van der Waals surface area contributed by atoms with E-state index in [1.165, 1.54) is 18.5 Å². The zero-order valence-corrected chi connectivity index (χ0v) is 14.3. The monoisotopic (exact) mass is 346 g/mol. The van der Waals surface area contributed by atoms with Crippen molar-refractivity contribution in [1.29, 1.82) is 0 Å². The van der Waals surface area contributed by atoms with Gasteiger partial charge in [0.15, 0.2) is 0 Å². The largest absolute Gasteiger partial charge is 0.348 e. The lowest BCUT2D eigenvalue weighted by Crippen LogP contribution is -2.23. The van der Waals surface area contributed by atoms with E-state index in [1.807, 2.05) is 43.3 Å². The summed E-state index contributed by atoms with van der Waals surface area (Å²) in [5, 5.41) is 5.61. The Balaban J connectivity index is 1.67. The van der Waals surface area contributed by atoms with Crippen molar-refractivity contribution < 1.29 is 9.59 Å².